The number of carbonyl (C=O) groups excluding carboxylic acids is 1. The molecule has 0 saturated heterocycles. The van der Waals surface area contributed by atoms with Crippen LogP contribution in [0.2, 0.25) is 0 Å². The van der Waals surface area contributed by atoms with Crippen LogP contribution in [-0.2, 0) is 13.0 Å². The number of anilines is 1. The quantitative estimate of drug-likeness (QED) is 0.836. The first-order chi connectivity index (χ1) is 10.8. The molecule has 3 nitrogen and oxygen atoms in total. The molecule has 1 aliphatic rings. The van der Waals surface area contributed by atoms with E-state index in [2.05, 4.69) is 24.3 Å². The van der Waals surface area contributed by atoms with E-state index in [9.17, 15) is 4.79 Å². The zero-order chi connectivity index (χ0) is 15.4. The molecule has 2 amide bonds. The number of hydrogen-bond donors (Lipinski definition) is 0. The van der Waals surface area contributed by atoms with Gasteiger partial charge >= 0.3 is 6.03 Å². The van der Waals surface area contributed by atoms with Gasteiger partial charge in [-0.1, -0.05) is 48.5 Å². The van der Waals surface area contributed by atoms with Crippen LogP contribution in [0.5, 0.6) is 0 Å². The van der Waals surface area contributed by atoms with E-state index in [1.807, 2.05) is 47.1 Å². The fraction of sp³-hybridized carbons (Fsp3) is 0.316. The van der Waals surface area contributed by atoms with Gasteiger partial charge in [0, 0.05) is 25.3 Å². The molecule has 0 aromatic heterocycles. The number of carbonyl (C=O) groups is 1. The van der Waals surface area contributed by atoms with Gasteiger partial charge < -0.3 is 4.90 Å². The lowest BCUT2D eigenvalue weighted by molar-refractivity contribution is 0.204. The maximum Gasteiger partial charge on any atom is 0.324 e. The van der Waals surface area contributed by atoms with Crippen molar-refractivity contribution in [2.75, 3.05) is 18.0 Å². The summed E-state index contributed by atoms with van der Waals surface area (Å²) in [6.07, 6.45) is 2.09. The number of urea groups is 1. The summed E-state index contributed by atoms with van der Waals surface area (Å²) in [6.45, 7) is 4.22. The molecule has 0 fully saturated rings. The Kier molecular flexibility index (Phi) is 4.42. The molecule has 1 aliphatic heterocycles. The van der Waals surface area contributed by atoms with E-state index in [1.54, 1.807) is 0 Å². The van der Waals surface area contributed by atoms with E-state index in [4.69, 9.17) is 0 Å². The molecule has 0 bridgehead atoms. The molecule has 0 aliphatic carbocycles. The predicted molar refractivity (Wildman–Crippen MR) is 90.0 cm³/mol. The number of aryl methyl sites for hydroxylation is 1. The molecule has 2 aromatic carbocycles. The highest BCUT2D eigenvalue weighted by Gasteiger charge is 2.25. The Bertz CT molecular complexity index is 639. The van der Waals surface area contributed by atoms with Crippen molar-refractivity contribution < 1.29 is 4.79 Å². The molecule has 3 heteroatoms. The van der Waals surface area contributed by atoms with Crippen molar-refractivity contribution in [2.45, 2.75) is 26.3 Å². The Morgan fingerprint density at radius 2 is 1.82 bits per heavy atom. The van der Waals surface area contributed by atoms with Crippen molar-refractivity contribution in [3.8, 4) is 0 Å². The Balaban J connectivity index is 1.80. The van der Waals surface area contributed by atoms with Gasteiger partial charge in [0.15, 0.2) is 0 Å². The van der Waals surface area contributed by atoms with Gasteiger partial charge in [-0.25, -0.2) is 4.79 Å². The van der Waals surface area contributed by atoms with Crippen molar-refractivity contribution in [2.24, 2.45) is 0 Å². The first-order valence-corrected chi connectivity index (χ1v) is 7.98. The van der Waals surface area contributed by atoms with E-state index < -0.39 is 0 Å². The van der Waals surface area contributed by atoms with Crippen LogP contribution in [0.4, 0.5) is 10.5 Å². The first kappa shape index (κ1) is 14.6. The molecule has 0 N–H and O–H groups in total. The lowest BCUT2D eigenvalue weighted by Crippen LogP contribution is -2.45. The number of rotatable bonds is 3. The number of amides is 2. The van der Waals surface area contributed by atoms with Crippen molar-refractivity contribution >= 4 is 11.7 Å². The molecule has 22 heavy (non-hydrogen) atoms. The molecule has 0 unspecified atom stereocenters. The van der Waals surface area contributed by atoms with E-state index in [-0.39, 0.29) is 6.03 Å². The van der Waals surface area contributed by atoms with Gasteiger partial charge in [0.05, 0.1) is 0 Å². The Morgan fingerprint density at radius 3 is 2.59 bits per heavy atom. The molecule has 3 rings (SSSR count). The summed E-state index contributed by atoms with van der Waals surface area (Å²) in [4.78, 5) is 16.8. The fourth-order valence-electron chi connectivity index (χ4n) is 3.02. The minimum atomic E-state index is 0.110. The van der Waals surface area contributed by atoms with Crippen LogP contribution in [0.15, 0.2) is 54.6 Å². The van der Waals surface area contributed by atoms with Gasteiger partial charge in [-0.15, -0.1) is 0 Å². The molecule has 0 radical (unpaired) electrons. The summed E-state index contributed by atoms with van der Waals surface area (Å²) in [6, 6.07) is 18.5. The topological polar surface area (TPSA) is 23.6 Å². The number of benzene rings is 2. The summed E-state index contributed by atoms with van der Waals surface area (Å²) in [5.41, 5.74) is 3.52. The van der Waals surface area contributed by atoms with E-state index >= 15 is 0 Å². The Labute approximate surface area is 132 Å². The van der Waals surface area contributed by atoms with Crippen LogP contribution in [0.3, 0.4) is 0 Å². The minimum Gasteiger partial charge on any atom is -0.320 e. The summed E-state index contributed by atoms with van der Waals surface area (Å²) in [5, 5.41) is 0. The number of nitrogens with zero attached hydrogens (tertiary/aromatic N) is 2. The SMILES string of the molecule is CCN(Cc1ccccc1)C(=O)N1CCCc2ccccc21. The van der Waals surface area contributed by atoms with Crippen LogP contribution in [0.1, 0.15) is 24.5 Å². The number of fused-ring (bicyclic) bond motifs is 1. The van der Waals surface area contributed by atoms with Crippen LogP contribution in [0.25, 0.3) is 0 Å². The van der Waals surface area contributed by atoms with Gasteiger partial charge in [-0.3, -0.25) is 4.90 Å². The van der Waals surface area contributed by atoms with Gasteiger partial charge in [-0.2, -0.15) is 0 Å². The third-order valence-electron chi connectivity index (χ3n) is 4.21. The van der Waals surface area contributed by atoms with Crippen molar-refractivity contribution in [1.82, 2.24) is 4.90 Å². The van der Waals surface area contributed by atoms with Crippen LogP contribution >= 0.6 is 0 Å². The zero-order valence-electron chi connectivity index (χ0n) is 13.0. The normalized spacial score (nSPS) is 13.6. The smallest absolute Gasteiger partial charge is 0.320 e. The second-order valence-electron chi connectivity index (χ2n) is 5.67. The predicted octanol–water partition coefficient (Wildman–Crippen LogP) is 4.08. The lowest BCUT2D eigenvalue weighted by atomic mass is 10.0. The lowest BCUT2D eigenvalue weighted by Gasteiger charge is -2.34. The maximum atomic E-state index is 12.9. The molecule has 0 saturated carbocycles. The van der Waals surface area contributed by atoms with Crippen molar-refractivity contribution in [3.63, 3.8) is 0 Å². The van der Waals surface area contributed by atoms with Gasteiger partial charge in [-0.05, 0) is 37.0 Å². The molecular weight excluding hydrogens is 272 g/mol. The fourth-order valence-corrected chi connectivity index (χ4v) is 3.02. The Morgan fingerprint density at radius 1 is 1.09 bits per heavy atom. The number of hydrogen-bond acceptors (Lipinski definition) is 1. The van der Waals surface area contributed by atoms with E-state index in [1.165, 1.54) is 11.1 Å². The zero-order valence-corrected chi connectivity index (χ0v) is 13.0. The average Bonchev–Trinajstić information content (AvgIpc) is 2.59. The van der Waals surface area contributed by atoms with E-state index in [0.29, 0.717) is 13.1 Å². The average molecular weight is 294 g/mol. The summed E-state index contributed by atoms with van der Waals surface area (Å²) in [5.74, 6) is 0. The molecule has 2 aromatic rings. The highest BCUT2D eigenvalue weighted by atomic mass is 16.2. The second kappa shape index (κ2) is 6.65. The van der Waals surface area contributed by atoms with Crippen LogP contribution < -0.4 is 4.90 Å². The number of para-hydroxylation sites is 1. The molecule has 114 valence electrons. The van der Waals surface area contributed by atoms with E-state index in [0.717, 1.165) is 25.1 Å². The Hall–Kier alpha value is -2.29. The summed E-state index contributed by atoms with van der Waals surface area (Å²) < 4.78 is 0. The molecule has 0 spiro atoms. The van der Waals surface area contributed by atoms with Crippen molar-refractivity contribution in [3.05, 3.63) is 65.7 Å². The molecular formula is C19H22N2O. The molecule has 1 heterocycles. The van der Waals surface area contributed by atoms with Gasteiger partial charge in [0.25, 0.3) is 0 Å². The second-order valence-corrected chi connectivity index (χ2v) is 5.67. The standard InChI is InChI=1S/C19H22N2O/c1-2-20(15-16-9-4-3-5-10-16)19(22)21-14-8-12-17-11-6-7-13-18(17)21/h3-7,9-11,13H,2,8,12,14-15H2,1H3. The van der Waals surface area contributed by atoms with Crippen LogP contribution in [0, 0.1) is 0 Å². The molecule has 0 atom stereocenters. The first-order valence-electron chi connectivity index (χ1n) is 7.98. The third-order valence-corrected chi connectivity index (χ3v) is 4.21. The van der Waals surface area contributed by atoms with Gasteiger partial charge in [0.1, 0.15) is 0 Å². The highest BCUT2D eigenvalue weighted by Crippen LogP contribution is 2.27. The summed E-state index contributed by atoms with van der Waals surface area (Å²) >= 11 is 0. The highest BCUT2D eigenvalue weighted by molar-refractivity contribution is 5.93. The van der Waals surface area contributed by atoms with Crippen molar-refractivity contribution in [1.29, 1.82) is 0 Å². The largest absolute Gasteiger partial charge is 0.324 e. The summed E-state index contributed by atoms with van der Waals surface area (Å²) in [7, 11) is 0. The third kappa shape index (κ3) is 2.98. The minimum absolute atomic E-state index is 0.110. The van der Waals surface area contributed by atoms with Crippen LogP contribution in [-0.4, -0.2) is 24.0 Å². The maximum absolute atomic E-state index is 12.9. The monoisotopic (exact) mass is 294 g/mol. The van der Waals surface area contributed by atoms with Gasteiger partial charge in [0.2, 0.25) is 0 Å².